The lowest BCUT2D eigenvalue weighted by Gasteiger charge is -2.23. The van der Waals surface area contributed by atoms with Crippen molar-refractivity contribution in [2.24, 2.45) is 0 Å². The first-order chi connectivity index (χ1) is 16.5. The van der Waals surface area contributed by atoms with Crippen molar-refractivity contribution in [2.45, 2.75) is 19.4 Å². The van der Waals surface area contributed by atoms with E-state index in [1.807, 2.05) is 48.7 Å². The Morgan fingerprint density at radius 3 is 2.65 bits per heavy atom. The third-order valence-electron chi connectivity index (χ3n) is 5.47. The molecule has 0 fully saturated rings. The van der Waals surface area contributed by atoms with Crippen LogP contribution in [0.25, 0.3) is 16.9 Å². The van der Waals surface area contributed by atoms with Gasteiger partial charge < -0.3 is 15.4 Å². The lowest BCUT2D eigenvalue weighted by molar-refractivity contribution is -0.122. The van der Waals surface area contributed by atoms with Crippen molar-refractivity contribution in [2.75, 3.05) is 10.6 Å². The Hall–Kier alpha value is -4.10. The molecule has 170 valence electrons. The van der Waals surface area contributed by atoms with Crippen LogP contribution in [-0.4, -0.2) is 27.7 Å². The van der Waals surface area contributed by atoms with Gasteiger partial charge >= 0.3 is 0 Å². The zero-order valence-corrected chi connectivity index (χ0v) is 19.0. The van der Waals surface area contributed by atoms with E-state index in [0.29, 0.717) is 27.8 Å². The average Bonchev–Trinajstić information content (AvgIpc) is 3.24. The molecule has 2 heterocycles. The van der Waals surface area contributed by atoms with E-state index in [-0.39, 0.29) is 18.2 Å². The number of nitrogens with zero attached hydrogens (tertiary/aromatic N) is 2. The molecular weight excluding hydrogens is 452 g/mol. The van der Waals surface area contributed by atoms with Gasteiger partial charge in [-0.25, -0.2) is 4.68 Å². The van der Waals surface area contributed by atoms with Crippen LogP contribution in [0, 0.1) is 0 Å². The minimum atomic E-state index is -0.555. The summed E-state index contributed by atoms with van der Waals surface area (Å²) in [4.78, 5) is 24.9. The molecule has 1 aliphatic heterocycles. The van der Waals surface area contributed by atoms with Gasteiger partial charge in [-0.1, -0.05) is 41.9 Å². The number of anilines is 2. The van der Waals surface area contributed by atoms with Crippen molar-refractivity contribution in [3.63, 3.8) is 0 Å². The maximum atomic E-state index is 13.0. The largest absolute Gasteiger partial charge is 0.479 e. The number of hydrogen-bond acceptors (Lipinski definition) is 4. The van der Waals surface area contributed by atoms with E-state index in [2.05, 4.69) is 10.6 Å². The lowest BCUT2D eigenvalue weighted by Crippen LogP contribution is -2.34. The first-order valence-electron chi connectivity index (χ1n) is 10.8. The molecule has 3 aromatic carbocycles. The van der Waals surface area contributed by atoms with Crippen LogP contribution in [0.3, 0.4) is 0 Å². The predicted molar refractivity (Wildman–Crippen MR) is 132 cm³/mol. The minimum Gasteiger partial charge on any atom is -0.479 e. The molecule has 0 aliphatic carbocycles. The second-order valence-corrected chi connectivity index (χ2v) is 8.41. The Balaban J connectivity index is 1.40. The Morgan fingerprint density at radius 2 is 1.88 bits per heavy atom. The van der Waals surface area contributed by atoms with Crippen molar-refractivity contribution in [3.05, 3.63) is 89.6 Å². The van der Waals surface area contributed by atoms with Crippen LogP contribution in [0.5, 0.6) is 5.75 Å². The zero-order chi connectivity index (χ0) is 23.7. The normalized spacial score (nSPS) is 14.6. The Labute approximate surface area is 201 Å². The van der Waals surface area contributed by atoms with Crippen molar-refractivity contribution in [1.29, 1.82) is 0 Å². The molecule has 34 heavy (non-hydrogen) atoms. The molecule has 1 unspecified atom stereocenters. The molecule has 7 nitrogen and oxygen atoms in total. The van der Waals surface area contributed by atoms with Gasteiger partial charge in [0.05, 0.1) is 23.5 Å². The minimum absolute atomic E-state index is 0.113. The van der Waals surface area contributed by atoms with Crippen LogP contribution in [0.1, 0.15) is 12.5 Å². The van der Waals surface area contributed by atoms with Crippen molar-refractivity contribution in [3.8, 4) is 22.7 Å². The molecule has 8 heteroatoms. The van der Waals surface area contributed by atoms with E-state index in [1.165, 1.54) is 0 Å². The van der Waals surface area contributed by atoms with Gasteiger partial charge in [0.1, 0.15) is 5.75 Å². The molecule has 1 aromatic heterocycles. The van der Waals surface area contributed by atoms with Crippen LogP contribution >= 0.6 is 11.6 Å². The second-order valence-electron chi connectivity index (χ2n) is 7.98. The molecule has 0 spiro atoms. The number of ether oxygens (including phenoxy) is 1. The van der Waals surface area contributed by atoms with Crippen molar-refractivity contribution in [1.82, 2.24) is 9.78 Å². The number of rotatable bonds is 5. The molecule has 0 bridgehead atoms. The van der Waals surface area contributed by atoms with Gasteiger partial charge in [-0.15, -0.1) is 0 Å². The third kappa shape index (κ3) is 4.51. The molecule has 1 aliphatic rings. The fraction of sp³-hybridized carbons (Fsp3) is 0.115. The summed E-state index contributed by atoms with van der Waals surface area (Å²) in [6.07, 6.45) is 1.42. The van der Waals surface area contributed by atoms with Gasteiger partial charge in [0.15, 0.2) is 6.10 Å². The molecule has 2 N–H and O–H groups in total. The Bertz CT molecular complexity index is 1370. The summed E-state index contributed by atoms with van der Waals surface area (Å²) < 4.78 is 7.34. The monoisotopic (exact) mass is 472 g/mol. The van der Waals surface area contributed by atoms with E-state index in [9.17, 15) is 9.59 Å². The number of aromatic nitrogens is 2. The second kappa shape index (κ2) is 9.03. The highest BCUT2D eigenvalue weighted by molar-refractivity contribution is 6.30. The first-order valence-corrected chi connectivity index (χ1v) is 11.2. The van der Waals surface area contributed by atoms with E-state index in [1.54, 1.807) is 41.9 Å². The molecule has 4 aromatic rings. The van der Waals surface area contributed by atoms with Gasteiger partial charge in [0, 0.05) is 28.0 Å². The summed E-state index contributed by atoms with van der Waals surface area (Å²) in [5.41, 5.74) is 4.32. The van der Waals surface area contributed by atoms with Crippen LogP contribution < -0.4 is 15.4 Å². The number of carbonyl (C=O) groups is 2. The summed E-state index contributed by atoms with van der Waals surface area (Å²) in [6, 6.07) is 22.2. The van der Waals surface area contributed by atoms with Gasteiger partial charge in [-0.3, -0.25) is 9.59 Å². The van der Waals surface area contributed by atoms with E-state index >= 15 is 0 Å². The van der Waals surface area contributed by atoms with Crippen molar-refractivity contribution >= 4 is 34.8 Å². The van der Waals surface area contributed by atoms with Gasteiger partial charge in [-0.05, 0) is 49.4 Å². The topological polar surface area (TPSA) is 85.2 Å². The van der Waals surface area contributed by atoms with Gasteiger partial charge in [0.2, 0.25) is 5.91 Å². The smallest absolute Gasteiger partial charge is 0.265 e. The van der Waals surface area contributed by atoms with Crippen LogP contribution in [0.4, 0.5) is 11.4 Å². The molecule has 2 amide bonds. The highest BCUT2D eigenvalue weighted by atomic mass is 35.5. The summed E-state index contributed by atoms with van der Waals surface area (Å²) in [5, 5.41) is 11.1. The zero-order valence-electron chi connectivity index (χ0n) is 18.3. The van der Waals surface area contributed by atoms with E-state index < -0.39 is 6.10 Å². The van der Waals surface area contributed by atoms with Gasteiger partial charge in [0.25, 0.3) is 5.91 Å². The molecular formula is C26H21ClN4O3. The average molecular weight is 473 g/mol. The maximum absolute atomic E-state index is 13.0. The number of hydrogen-bond donors (Lipinski definition) is 2. The fourth-order valence-corrected chi connectivity index (χ4v) is 3.89. The number of carbonyl (C=O) groups excluding carboxylic acids is 2. The molecule has 1 atom stereocenters. The number of para-hydroxylation sites is 1. The number of halogens is 1. The summed E-state index contributed by atoms with van der Waals surface area (Å²) in [6.45, 7) is 1.68. The SMILES string of the molecule is CC1Oc2ccc(NC(=O)Cc3cn(-c4ccccc4)nc3-c3ccc(Cl)cc3)cc2NC1=O. The van der Waals surface area contributed by atoms with Crippen molar-refractivity contribution < 1.29 is 14.3 Å². The van der Waals surface area contributed by atoms with Gasteiger partial charge in [-0.2, -0.15) is 5.10 Å². The summed E-state index contributed by atoms with van der Waals surface area (Å²) in [5.74, 6) is 0.135. The predicted octanol–water partition coefficient (Wildman–Crippen LogP) is 5.09. The van der Waals surface area contributed by atoms with Crippen LogP contribution in [0.15, 0.2) is 79.0 Å². The third-order valence-corrected chi connectivity index (χ3v) is 5.73. The molecule has 0 saturated carbocycles. The molecule has 5 rings (SSSR count). The number of fused-ring (bicyclic) bond motifs is 1. The van der Waals surface area contributed by atoms with E-state index in [4.69, 9.17) is 21.4 Å². The molecule has 0 saturated heterocycles. The number of amides is 2. The maximum Gasteiger partial charge on any atom is 0.265 e. The summed E-state index contributed by atoms with van der Waals surface area (Å²) >= 11 is 6.06. The highest BCUT2D eigenvalue weighted by Crippen LogP contribution is 2.32. The van der Waals surface area contributed by atoms with E-state index in [0.717, 1.165) is 16.8 Å². The van der Waals surface area contributed by atoms with Crippen LogP contribution in [0.2, 0.25) is 5.02 Å². The standard InChI is InChI=1S/C26H21ClN4O3/c1-16-26(33)29-22-14-20(11-12-23(22)34-16)28-24(32)13-18-15-31(21-5-3-2-4-6-21)30-25(18)17-7-9-19(27)10-8-17/h2-12,14-16H,13H2,1H3,(H,28,32)(H,29,33). The lowest BCUT2D eigenvalue weighted by atomic mass is 10.1. The summed E-state index contributed by atoms with van der Waals surface area (Å²) in [7, 11) is 0. The quantitative estimate of drug-likeness (QED) is 0.423. The Kier molecular flexibility index (Phi) is 5.77. The number of benzene rings is 3. The highest BCUT2D eigenvalue weighted by Gasteiger charge is 2.24. The fourth-order valence-electron chi connectivity index (χ4n) is 3.77. The molecule has 0 radical (unpaired) electrons. The number of nitrogens with one attached hydrogen (secondary N) is 2. The first kappa shape index (κ1) is 21.7. The van der Waals surface area contributed by atoms with Crippen LogP contribution in [-0.2, 0) is 16.0 Å². The Morgan fingerprint density at radius 1 is 1.12 bits per heavy atom.